The van der Waals surface area contributed by atoms with E-state index in [4.69, 9.17) is 0 Å². The summed E-state index contributed by atoms with van der Waals surface area (Å²) in [6.07, 6.45) is -3.15. The van der Waals surface area contributed by atoms with Crippen LogP contribution in [0.4, 0.5) is 18.0 Å². The van der Waals surface area contributed by atoms with Crippen molar-refractivity contribution in [1.82, 2.24) is 4.90 Å². The second-order valence-electron chi connectivity index (χ2n) is 4.46. The number of thioether (sulfide) groups is 1. The molecule has 0 unspecified atom stereocenters. The number of carbonyl (C=O) groups excluding carboxylic acids is 3. The van der Waals surface area contributed by atoms with Gasteiger partial charge in [-0.2, -0.15) is 13.2 Å². The van der Waals surface area contributed by atoms with E-state index in [0.717, 1.165) is 19.2 Å². The van der Waals surface area contributed by atoms with Crippen LogP contribution in [0.15, 0.2) is 29.2 Å². The molecule has 0 aliphatic carbocycles. The predicted octanol–water partition coefficient (Wildman–Crippen LogP) is 2.91. The Morgan fingerprint density at radius 2 is 1.87 bits per heavy atom. The number of esters is 1. The minimum Gasteiger partial charge on any atom is -0.468 e. The SMILES string of the molecule is COC(=O)CN1C(=O)S/C(=C\c2ccc(C(F)(F)F)cc2)C1=O. The molecule has 0 atom stereocenters. The number of halogens is 3. The molecule has 1 fully saturated rings. The van der Waals surface area contributed by atoms with Crippen LogP contribution in [0.1, 0.15) is 11.1 Å². The number of amides is 2. The summed E-state index contributed by atoms with van der Waals surface area (Å²) < 4.78 is 41.8. The number of carbonyl (C=O) groups is 3. The molecule has 0 radical (unpaired) electrons. The largest absolute Gasteiger partial charge is 0.468 e. The van der Waals surface area contributed by atoms with Gasteiger partial charge in [-0.05, 0) is 35.5 Å². The lowest BCUT2D eigenvalue weighted by Gasteiger charge is -2.09. The van der Waals surface area contributed by atoms with Crippen molar-refractivity contribution >= 4 is 35.0 Å². The van der Waals surface area contributed by atoms with Crippen molar-refractivity contribution in [1.29, 1.82) is 0 Å². The molecule has 0 bridgehead atoms. The van der Waals surface area contributed by atoms with Crippen molar-refractivity contribution in [3.8, 4) is 0 Å². The van der Waals surface area contributed by atoms with E-state index in [9.17, 15) is 27.6 Å². The highest BCUT2D eigenvalue weighted by atomic mass is 32.2. The van der Waals surface area contributed by atoms with E-state index in [-0.39, 0.29) is 4.91 Å². The van der Waals surface area contributed by atoms with Crippen LogP contribution in [0.25, 0.3) is 6.08 Å². The number of alkyl halides is 3. The number of nitrogens with zero attached hydrogens (tertiary/aromatic N) is 1. The van der Waals surface area contributed by atoms with Crippen LogP contribution in [-0.2, 0) is 20.5 Å². The van der Waals surface area contributed by atoms with E-state index in [0.29, 0.717) is 22.2 Å². The lowest BCUT2D eigenvalue weighted by atomic mass is 10.1. The number of methoxy groups -OCH3 is 1. The van der Waals surface area contributed by atoms with Crippen molar-refractivity contribution in [3.05, 3.63) is 40.3 Å². The molecule has 1 aliphatic heterocycles. The van der Waals surface area contributed by atoms with E-state index in [2.05, 4.69) is 4.74 Å². The Balaban J connectivity index is 2.19. The lowest BCUT2D eigenvalue weighted by molar-refractivity contribution is -0.143. The number of hydrogen-bond donors (Lipinski definition) is 0. The van der Waals surface area contributed by atoms with E-state index < -0.39 is 35.4 Å². The monoisotopic (exact) mass is 345 g/mol. The van der Waals surface area contributed by atoms with Crippen LogP contribution < -0.4 is 0 Å². The molecular weight excluding hydrogens is 335 g/mol. The summed E-state index contributed by atoms with van der Waals surface area (Å²) in [4.78, 5) is 35.6. The molecule has 1 aliphatic rings. The number of imide groups is 1. The van der Waals surface area contributed by atoms with Crippen LogP contribution in [0.2, 0.25) is 0 Å². The van der Waals surface area contributed by atoms with Crippen LogP contribution in [0.3, 0.4) is 0 Å². The molecule has 1 aromatic carbocycles. The topological polar surface area (TPSA) is 63.7 Å². The van der Waals surface area contributed by atoms with Gasteiger partial charge in [0.15, 0.2) is 0 Å². The fourth-order valence-electron chi connectivity index (χ4n) is 1.75. The first-order chi connectivity index (χ1) is 10.7. The summed E-state index contributed by atoms with van der Waals surface area (Å²) in [5, 5.41) is -0.640. The molecule has 0 N–H and O–H groups in total. The molecule has 1 heterocycles. The molecule has 5 nitrogen and oxygen atoms in total. The highest BCUT2D eigenvalue weighted by Gasteiger charge is 2.36. The third-order valence-electron chi connectivity index (χ3n) is 2.92. The van der Waals surface area contributed by atoms with Crippen LogP contribution in [-0.4, -0.2) is 35.7 Å². The fraction of sp³-hybridized carbons (Fsp3) is 0.214. The van der Waals surface area contributed by atoms with Gasteiger partial charge in [-0.15, -0.1) is 0 Å². The second-order valence-corrected chi connectivity index (χ2v) is 5.46. The Morgan fingerprint density at radius 3 is 2.39 bits per heavy atom. The Morgan fingerprint density at radius 1 is 1.26 bits per heavy atom. The Hall–Kier alpha value is -2.29. The smallest absolute Gasteiger partial charge is 0.416 e. The standard InChI is InChI=1S/C14H10F3NO4S/c1-22-11(19)7-18-12(20)10(23-13(18)21)6-8-2-4-9(5-3-8)14(15,16)17/h2-6H,7H2,1H3/b10-6-. The lowest BCUT2D eigenvalue weighted by Crippen LogP contribution is -2.34. The minimum absolute atomic E-state index is 0.0265. The zero-order valence-electron chi connectivity index (χ0n) is 11.7. The number of ether oxygens (including phenoxy) is 1. The van der Waals surface area contributed by atoms with Crippen LogP contribution in [0.5, 0.6) is 0 Å². The molecule has 0 saturated carbocycles. The van der Waals surface area contributed by atoms with Gasteiger partial charge in [0.1, 0.15) is 6.54 Å². The fourth-order valence-corrected chi connectivity index (χ4v) is 2.59. The average molecular weight is 345 g/mol. The maximum absolute atomic E-state index is 12.5. The third-order valence-corrected chi connectivity index (χ3v) is 3.83. The van der Waals surface area contributed by atoms with Gasteiger partial charge in [-0.1, -0.05) is 12.1 Å². The summed E-state index contributed by atoms with van der Waals surface area (Å²) in [5.74, 6) is -1.44. The van der Waals surface area contributed by atoms with Gasteiger partial charge in [0.05, 0.1) is 17.6 Å². The van der Waals surface area contributed by atoms with Gasteiger partial charge >= 0.3 is 12.1 Å². The highest BCUT2D eigenvalue weighted by molar-refractivity contribution is 8.18. The molecule has 2 rings (SSSR count). The van der Waals surface area contributed by atoms with E-state index >= 15 is 0 Å². The Labute approximate surface area is 133 Å². The maximum atomic E-state index is 12.5. The van der Waals surface area contributed by atoms with E-state index in [1.165, 1.54) is 18.2 Å². The summed E-state index contributed by atoms with van der Waals surface area (Å²) in [7, 11) is 1.12. The molecule has 1 saturated heterocycles. The zero-order chi connectivity index (χ0) is 17.2. The van der Waals surface area contributed by atoms with Crippen molar-refractivity contribution in [3.63, 3.8) is 0 Å². The second kappa shape index (κ2) is 6.45. The third kappa shape index (κ3) is 3.92. The van der Waals surface area contributed by atoms with E-state index in [1.807, 2.05) is 0 Å². The molecule has 2 amide bonds. The van der Waals surface area contributed by atoms with Crippen molar-refractivity contribution < 1.29 is 32.3 Å². The molecule has 0 aromatic heterocycles. The first kappa shape index (κ1) is 17.1. The maximum Gasteiger partial charge on any atom is 0.416 e. The van der Waals surface area contributed by atoms with E-state index in [1.54, 1.807) is 0 Å². The Bertz CT molecular complexity index is 682. The zero-order valence-corrected chi connectivity index (χ0v) is 12.5. The van der Waals surface area contributed by atoms with Crippen molar-refractivity contribution in [2.24, 2.45) is 0 Å². The molecule has 23 heavy (non-hydrogen) atoms. The summed E-state index contributed by atoms with van der Waals surface area (Å²) in [6.45, 7) is -0.508. The minimum atomic E-state index is -4.45. The first-order valence-electron chi connectivity index (χ1n) is 6.22. The van der Waals surface area contributed by atoms with Gasteiger partial charge in [-0.25, -0.2) is 0 Å². The molecule has 122 valence electrons. The van der Waals surface area contributed by atoms with Crippen LogP contribution >= 0.6 is 11.8 Å². The first-order valence-corrected chi connectivity index (χ1v) is 7.03. The normalized spacial score (nSPS) is 17.0. The molecular formula is C14H10F3NO4S. The van der Waals surface area contributed by atoms with Gasteiger partial charge in [-0.3, -0.25) is 19.3 Å². The summed E-state index contributed by atoms with van der Waals surface area (Å²) in [6, 6.07) is 4.14. The number of rotatable bonds is 3. The average Bonchev–Trinajstić information content (AvgIpc) is 2.74. The quantitative estimate of drug-likeness (QED) is 0.623. The van der Waals surface area contributed by atoms with Crippen molar-refractivity contribution in [2.75, 3.05) is 13.7 Å². The Kier molecular flexibility index (Phi) is 4.79. The summed E-state index contributed by atoms with van der Waals surface area (Å²) in [5.41, 5.74) is -0.477. The molecule has 0 spiro atoms. The van der Waals surface area contributed by atoms with Gasteiger partial charge in [0.25, 0.3) is 11.1 Å². The van der Waals surface area contributed by atoms with Gasteiger partial charge in [0, 0.05) is 0 Å². The van der Waals surface area contributed by atoms with Gasteiger partial charge in [0.2, 0.25) is 0 Å². The highest BCUT2D eigenvalue weighted by Crippen LogP contribution is 2.33. The molecule has 9 heteroatoms. The van der Waals surface area contributed by atoms with Crippen LogP contribution in [0, 0.1) is 0 Å². The number of benzene rings is 1. The predicted molar refractivity (Wildman–Crippen MR) is 76.1 cm³/mol. The molecule has 1 aromatic rings. The van der Waals surface area contributed by atoms with Crippen molar-refractivity contribution in [2.45, 2.75) is 6.18 Å². The number of hydrogen-bond acceptors (Lipinski definition) is 5. The summed E-state index contributed by atoms with van der Waals surface area (Å²) >= 11 is 0.607. The van der Waals surface area contributed by atoms with Gasteiger partial charge < -0.3 is 4.74 Å².